The lowest BCUT2D eigenvalue weighted by Gasteiger charge is -2.01. The summed E-state index contributed by atoms with van der Waals surface area (Å²) in [5.41, 5.74) is 11.5. The fraction of sp³-hybridized carbons (Fsp3) is 0.231. The van der Waals surface area contributed by atoms with Crippen LogP contribution in [0.5, 0.6) is 0 Å². The van der Waals surface area contributed by atoms with Gasteiger partial charge >= 0.3 is 0 Å². The zero-order valence-corrected chi connectivity index (χ0v) is 9.72. The number of nitrogens with zero attached hydrogens (tertiary/aromatic N) is 3. The van der Waals surface area contributed by atoms with Crippen LogP contribution in [-0.4, -0.2) is 15.0 Å². The second-order valence-corrected chi connectivity index (χ2v) is 4.40. The summed E-state index contributed by atoms with van der Waals surface area (Å²) in [6.45, 7) is 0. The summed E-state index contributed by atoms with van der Waals surface area (Å²) in [6, 6.07) is 6.11. The van der Waals surface area contributed by atoms with Gasteiger partial charge in [-0.05, 0) is 47.8 Å². The quantitative estimate of drug-likeness (QED) is 0.755. The fourth-order valence-electron chi connectivity index (χ4n) is 2.30. The van der Waals surface area contributed by atoms with E-state index in [0.717, 1.165) is 24.2 Å². The highest BCUT2D eigenvalue weighted by atomic mass is 15.4. The van der Waals surface area contributed by atoms with Gasteiger partial charge < -0.3 is 5.73 Å². The summed E-state index contributed by atoms with van der Waals surface area (Å²) in [4.78, 5) is 0. The molecule has 0 saturated carbocycles. The number of anilines is 1. The van der Waals surface area contributed by atoms with Crippen molar-refractivity contribution >= 4 is 17.3 Å². The van der Waals surface area contributed by atoms with E-state index in [1.807, 2.05) is 19.3 Å². The predicted octanol–water partition coefficient (Wildman–Crippen LogP) is 1.88. The Morgan fingerprint density at radius 1 is 1.35 bits per heavy atom. The van der Waals surface area contributed by atoms with Gasteiger partial charge in [-0.3, -0.25) is 4.68 Å². The Kier molecular flexibility index (Phi) is 2.21. The molecule has 1 aliphatic rings. The van der Waals surface area contributed by atoms with Crippen molar-refractivity contribution < 1.29 is 0 Å². The smallest absolute Gasteiger partial charge is 0.106 e. The highest BCUT2D eigenvalue weighted by molar-refractivity contribution is 5.85. The van der Waals surface area contributed by atoms with E-state index in [4.69, 9.17) is 5.73 Å². The van der Waals surface area contributed by atoms with Gasteiger partial charge in [-0.1, -0.05) is 11.3 Å². The maximum Gasteiger partial charge on any atom is 0.106 e. The van der Waals surface area contributed by atoms with Crippen LogP contribution in [0, 0.1) is 0 Å². The van der Waals surface area contributed by atoms with Crippen LogP contribution in [0.2, 0.25) is 0 Å². The van der Waals surface area contributed by atoms with Crippen LogP contribution in [0.1, 0.15) is 23.2 Å². The molecule has 0 aliphatic heterocycles. The summed E-state index contributed by atoms with van der Waals surface area (Å²) in [6.07, 6.45) is 6.14. The number of nitrogen functional groups attached to an aromatic ring is 1. The average Bonchev–Trinajstić information content (AvgIpc) is 2.86. The molecule has 17 heavy (non-hydrogen) atoms. The van der Waals surface area contributed by atoms with Crippen LogP contribution in [-0.2, 0) is 13.5 Å². The first-order valence-electron chi connectivity index (χ1n) is 5.68. The van der Waals surface area contributed by atoms with E-state index in [-0.39, 0.29) is 0 Å². The lowest BCUT2D eigenvalue weighted by atomic mass is 10.1. The predicted molar refractivity (Wildman–Crippen MR) is 68.0 cm³/mol. The molecule has 86 valence electrons. The first-order valence-corrected chi connectivity index (χ1v) is 5.68. The number of aryl methyl sites for hydroxylation is 2. The number of hydrogen-bond donors (Lipinski definition) is 1. The number of fused-ring (bicyclic) bond motifs is 1. The van der Waals surface area contributed by atoms with Gasteiger partial charge in [-0.25, -0.2) is 0 Å². The van der Waals surface area contributed by atoms with E-state index in [1.165, 1.54) is 16.7 Å². The molecule has 1 heterocycles. The zero-order chi connectivity index (χ0) is 11.8. The molecule has 3 rings (SSSR count). The van der Waals surface area contributed by atoms with E-state index in [9.17, 15) is 0 Å². The summed E-state index contributed by atoms with van der Waals surface area (Å²) < 4.78 is 1.71. The van der Waals surface area contributed by atoms with Gasteiger partial charge in [-0.15, -0.1) is 5.10 Å². The van der Waals surface area contributed by atoms with Gasteiger partial charge in [0.1, 0.15) is 5.69 Å². The Balaban J connectivity index is 2.01. The van der Waals surface area contributed by atoms with Crippen molar-refractivity contribution in [3.63, 3.8) is 0 Å². The molecule has 0 amide bonds. The van der Waals surface area contributed by atoms with E-state index < -0.39 is 0 Å². The number of hydrogen-bond acceptors (Lipinski definition) is 3. The van der Waals surface area contributed by atoms with Crippen LogP contribution in [0.3, 0.4) is 0 Å². The van der Waals surface area contributed by atoms with Gasteiger partial charge in [0.15, 0.2) is 0 Å². The molecule has 1 aliphatic carbocycles. The third-order valence-electron chi connectivity index (χ3n) is 3.08. The number of rotatable bonds is 1. The maximum absolute atomic E-state index is 5.79. The van der Waals surface area contributed by atoms with Crippen LogP contribution in [0.4, 0.5) is 5.69 Å². The van der Waals surface area contributed by atoms with E-state index in [2.05, 4.69) is 28.5 Å². The van der Waals surface area contributed by atoms with Gasteiger partial charge in [0.25, 0.3) is 0 Å². The Hall–Kier alpha value is -2.10. The maximum atomic E-state index is 5.79. The summed E-state index contributed by atoms with van der Waals surface area (Å²) in [5.74, 6) is 0. The summed E-state index contributed by atoms with van der Waals surface area (Å²) in [5, 5.41) is 8.01. The standard InChI is InChI=1S/C13H14N4/c1-17-8-12(15-16-17)7-10-3-2-9-6-11(14)4-5-13(9)10/h4-8H,2-3,14H2,1H3/b10-7-. The van der Waals surface area contributed by atoms with Gasteiger partial charge in [0.2, 0.25) is 0 Å². The zero-order valence-electron chi connectivity index (χ0n) is 9.72. The molecule has 4 nitrogen and oxygen atoms in total. The van der Waals surface area contributed by atoms with Crippen molar-refractivity contribution in [3.05, 3.63) is 41.2 Å². The molecule has 1 aromatic carbocycles. The Morgan fingerprint density at radius 3 is 3.00 bits per heavy atom. The highest BCUT2D eigenvalue weighted by Crippen LogP contribution is 2.34. The van der Waals surface area contributed by atoms with Crippen LogP contribution in [0.25, 0.3) is 11.6 Å². The minimum Gasteiger partial charge on any atom is -0.399 e. The Labute approximate surface area is 99.8 Å². The highest BCUT2D eigenvalue weighted by Gasteiger charge is 2.16. The molecule has 2 N–H and O–H groups in total. The van der Waals surface area contributed by atoms with E-state index in [0.29, 0.717) is 0 Å². The van der Waals surface area contributed by atoms with Crippen LogP contribution >= 0.6 is 0 Å². The van der Waals surface area contributed by atoms with Crippen molar-refractivity contribution in [1.82, 2.24) is 15.0 Å². The van der Waals surface area contributed by atoms with Crippen molar-refractivity contribution in [2.75, 3.05) is 5.73 Å². The van der Waals surface area contributed by atoms with Crippen molar-refractivity contribution in [3.8, 4) is 0 Å². The van der Waals surface area contributed by atoms with Crippen molar-refractivity contribution in [1.29, 1.82) is 0 Å². The molecule has 0 unspecified atom stereocenters. The third kappa shape index (κ3) is 1.82. The normalized spacial score (nSPS) is 16.4. The van der Waals surface area contributed by atoms with Crippen molar-refractivity contribution in [2.24, 2.45) is 7.05 Å². The molecule has 2 aromatic rings. The van der Waals surface area contributed by atoms with Gasteiger partial charge in [0.05, 0.1) is 6.20 Å². The summed E-state index contributed by atoms with van der Waals surface area (Å²) in [7, 11) is 1.87. The van der Waals surface area contributed by atoms with E-state index >= 15 is 0 Å². The minimum absolute atomic E-state index is 0.838. The fourth-order valence-corrected chi connectivity index (χ4v) is 2.30. The second-order valence-electron chi connectivity index (χ2n) is 4.40. The first-order chi connectivity index (χ1) is 8.22. The number of nitrogens with two attached hydrogens (primary N) is 1. The molecule has 0 saturated heterocycles. The van der Waals surface area contributed by atoms with Gasteiger partial charge in [-0.2, -0.15) is 0 Å². The van der Waals surface area contributed by atoms with E-state index in [1.54, 1.807) is 4.68 Å². The van der Waals surface area contributed by atoms with Gasteiger partial charge in [0, 0.05) is 12.7 Å². The molecule has 0 fully saturated rings. The second kappa shape index (κ2) is 3.73. The van der Waals surface area contributed by atoms with Crippen molar-refractivity contribution in [2.45, 2.75) is 12.8 Å². The molecular formula is C13H14N4. The van der Waals surface area contributed by atoms with Crippen LogP contribution < -0.4 is 5.73 Å². The molecular weight excluding hydrogens is 212 g/mol. The average molecular weight is 226 g/mol. The Morgan fingerprint density at radius 2 is 2.24 bits per heavy atom. The minimum atomic E-state index is 0.838. The number of aromatic nitrogens is 3. The molecule has 1 aromatic heterocycles. The molecule has 0 atom stereocenters. The topological polar surface area (TPSA) is 56.7 Å². The largest absolute Gasteiger partial charge is 0.399 e. The first kappa shape index (κ1) is 10.1. The Bertz CT molecular complexity index is 595. The lowest BCUT2D eigenvalue weighted by Crippen LogP contribution is -1.87. The van der Waals surface area contributed by atoms with Crippen LogP contribution in [0.15, 0.2) is 24.4 Å². The lowest BCUT2D eigenvalue weighted by molar-refractivity contribution is 0.714. The molecule has 0 bridgehead atoms. The molecule has 4 heteroatoms. The third-order valence-corrected chi connectivity index (χ3v) is 3.08. The monoisotopic (exact) mass is 226 g/mol. The number of allylic oxidation sites excluding steroid dienone is 1. The molecule has 0 spiro atoms. The molecule has 0 radical (unpaired) electrons. The number of benzene rings is 1. The summed E-state index contributed by atoms with van der Waals surface area (Å²) >= 11 is 0. The SMILES string of the molecule is Cn1cc(/C=C2/CCc3cc(N)ccc32)nn1.